The molecule has 0 fully saturated rings. The van der Waals surface area contributed by atoms with Crippen LogP contribution < -0.4 is 5.73 Å². The standard InChI is InChI=1S/C6H13N3/c1-3-4-8-5-9-6(2)7/h5H,3-4H2,1-2H3,(H2,7,8,9). The maximum Gasteiger partial charge on any atom is 0.111 e. The predicted octanol–water partition coefficient (Wildman–Crippen LogP) is 0.802. The number of hydrogen-bond acceptors (Lipinski definition) is 1. The van der Waals surface area contributed by atoms with Crippen LogP contribution in [0.2, 0.25) is 0 Å². The maximum absolute atomic E-state index is 5.23. The van der Waals surface area contributed by atoms with E-state index in [4.69, 9.17) is 5.73 Å². The Hall–Kier alpha value is -0.860. The number of amidine groups is 1. The largest absolute Gasteiger partial charge is 0.387 e. The van der Waals surface area contributed by atoms with Gasteiger partial charge < -0.3 is 5.73 Å². The first-order valence-electron chi connectivity index (χ1n) is 3.05. The van der Waals surface area contributed by atoms with E-state index in [-0.39, 0.29) is 0 Å². The smallest absolute Gasteiger partial charge is 0.111 e. The van der Waals surface area contributed by atoms with Gasteiger partial charge in [-0.2, -0.15) is 0 Å². The lowest BCUT2D eigenvalue weighted by atomic mass is 10.5. The highest BCUT2D eigenvalue weighted by Crippen LogP contribution is 1.74. The molecule has 0 aromatic heterocycles. The van der Waals surface area contributed by atoms with Crippen molar-refractivity contribution in [3.05, 3.63) is 0 Å². The molecule has 0 rings (SSSR count). The van der Waals surface area contributed by atoms with Gasteiger partial charge in [0.15, 0.2) is 0 Å². The predicted molar refractivity (Wildman–Crippen MR) is 40.9 cm³/mol. The second-order valence-corrected chi connectivity index (χ2v) is 1.79. The Kier molecular flexibility index (Phi) is 4.78. The van der Waals surface area contributed by atoms with Crippen LogP contribution in [0.15, 0.2) is 9.98 Å². The minimum Gasteiger partial charge on any atom is -0.387 e. The van der Waals surface area contributed by atoms with Crippen molar-refractivity contribution < 1.29 is 0 Å². The summed E-state index contributed by atoms with van der Waals surface area (Å²) in [6.07, 6.45) is 2.55. The first-order valence-corrected chi connectivity index (χ1v) is 3.05. The van der Waals surface area contributed by atoms with E-state index in [0.717, 1.165) is 13.0 Å². The zero-order valence-corrected chi connectivity index (χ0v) is 5.96. The van der Waals surface area contributed by atoms with Crippen LogP contribution in [-0.2, 0) is 0 Å². The van der Waals surface area contributed by atoms with Gasteiger partial charge >= 0.3 is 0 Å². The van der Waals surface area contributed by atoms with Crippen LogP contribution in [0.1, 0.15) is 20.3 Å². The second kappa shape index (κ2) is 5.28. The fraction of sp³-hybridized carbons (Fsp3) is 0.667. The average Bonchev–Trinajstić information content (AvgIpc) is 1.80. The van der Waals surface area contributed by atoms with E-state index in [1.807, 2.05) is 0 Å². The Balaban J connectivity index is 3.35. The third-order valence-electron chi connectivity index (χ3n) is 0.696. The minimum absolute atomic E-state index is 0.551. The van der Waals surface area contributed by atoms with Crippen molar-refractivity contribution in [1.29, 1.82) is 0 Å². The molecule has 52 valence electrons. The van der Waals surface area contributed by atoms with E-state index in [2.05, 4.69) is 16.9 Å². The summed E-state index contributed by atoms with van der Waals surface area (Å²) in [4.78, 5) is 7.70. The molecule has 0 unspecified atom stereocenters. The zero-order chi connectivity index (χ0) is 7.11. The summed E-state index contributed by atoms with van der Waals surface area (Å²) in [5.41, 5.74) is 5.23. The van der Waals surface area contributed by atoms with Crippen molar-refractivity contribution in [3.63, 3.8) is 0 Å². The van der Waals surface area contributed by atoms with Crippen LogP contribution >= 0.6 is 0 Å². The zero-order valence-electron chi connectivity index (χ0n) is 5.96. The Bertz CT molecular complexity index is 111. The monoisotopic (exact) mass is 127 g/mol. The summed E-state index contributed by atoms with van der Waals surface area (Å²) in [5.74, 6) is 0.551. The van der Waals surface area contributed by atoms with Crippen molar-refractivity contribution in [3.8, 4) is 0 Å². The number of aliphatic imine (C=N–C) groups is 2. The van der Waals surface area contributed by atoms with Gasteiger partial charge in [0.1, 0.15) is 6.34 Å². The van der Waals surface area contributed by atoms with Gasteiger partial charge in [-0.15, -0.1) is 0 Å². The summed E-state index contributed by atoms with van der Waals surface area (Å²) in [6.45, 7) is 4.63. The average molecular weight is 127 g/mol. The highest BCUT2D eigenvalue weighted by atomic mass is 14.9. The molecule has 0 saturated carbocycles. The van der Waals surface area contributed by atoms with Gasteiger partial charge in [0.05, 0.1) is 5.84 Å². The van der Waals surface area contributed by atoms with Gasteiger partial charge in [-0.1, -0.05) is 6.92 Å². The van der Waals surface area contributed by atoms with Crippen LogP contribution in [-0.4, -0.2) is 18.7 Å². The summed E-state index contributed by atoms with van der Waals surface area (Å²) in [5, 5.41) is 0. The van der Waals surface area contributed by atoms with Crippen LogP contribution in [0.3, 0.4) is 0 Å². The van der Waals surface area contributed by atoms with E-state index < -0.39 is 0 Å². The second-order valence-electron chi connectivity index (χ2n) is 1.79. The Labute approximate surface area is 55.7 Å². The summed E-state index contributed by atoms with van der Waals surface area (Å²) in [7, 11) is 0. The van der Waals surface area contributed by atoms with E-state index in [1.54, 1.807) is 6.92 Å². The third-order valence-corrected chi connectivity index (χ3v) is 0.696. The number of hydrogen-bond donors (Lipinski definition) is 1. The molecule has 2 N–H and O–H groups in total. The van der Waals surface area contributed by atoms with Crippen LogP contribution in [0.5, 0.6) is 0 Å². The quantitative estimate of drug-likeness (QED) is 0.442. The van der Waals surface area contributed by atoms with Gasteiger partial charge in [0, 0.05) is 6.54 Å². The van der Waals surface area contributed by atoms with E-state index in [0.29, 0.717) is 5.84 Å². The maximum atomic E-state index is 5.23. The molecule has 3 heteroatoms. The number of rotatable bonds is 3. The molecular formula is C6H13N3. The lowest BCUT2D eigenvalue weighted by Gasteiger charge is -1.83. The van der Waals surface area contributed by atoms with Crippen molar-refractivity contribution in [2.45, 2.75) is 20.3 Å². The molecule has 0 bridgehead atoms. The topological polar surface area (TPSA) is 50.7 Å². The minimum atomic E-state index is 0.551. The van der Waals surface area contributed by atoms with Crippen LogP contribution in [0.25, 0.3) is 0 Å². The first kappa shape index (κ1) is 8.14. The molecular weight excluding hydrogens is 114 g/mol. The fourth-order valence-electron chi connectivity index (χ4n) is 0.319. The number of nitrogens with zero attached hydrogens (tertiary/aromatic N) is 2. The highest BCUT2D eigenvalue weighted by molar-refractivity contribution is 5.85. The molecule has 0 atom stereocenters. The highest BCUT2D eigenvalue weighted by Gasteiger charge is 1.72. The molecule has 0 heterocycles. The summed E-state index contributed by atoms with van der Waals surface area (Å²) >= 11 is 0. The SMILES string of the molecule is CCCN=CN=C(C)N. The lowest BCUT2D eigenvalue weighted by molar-refractivity contribution is 0.935. The normalized spacial score (nSPS) is 12.9. The van der Waals surface area contributed by atoms with Gasteiger partial charge in [0.25, 0.3) is 0 Å². The first-order chi connectivity index (χ1) is 4.27. The van der Waals surface area contributed by atoms with Gasteiger partial charge in [-0.25, -0.2) is 4.99 Å². The molecule has 0 aliphatic heterocycles. The van der Waals surface area contributed by atoms with E-state index in [1.165, 1.54) is 6.34 Å². The van der Waals surface area contributed by atoms with E-state index >= 15 is 0 Å². The van der Waals surface area contributed by atoms with Gasteiger partial charge in [-0.3, -0.25) is 4.99 Å². The molecule has 0 spiro atoms. The Morgan fingerprint density at radius 3 is 2.78 bits per heavy atom. The molecule has 0 aromatic carbocycles. The lowest BCUT2D eigenvalue weighted by Crippen LogP contribution is -2.04. The Morgan fingerprint density at radius 2 is 2.33 bits per heavy atom. The van der Waals surface area contributed by atoms with Crippen molar-refractivity contribution >= 4 is 12.2 Å². The van der Waals surface area contributed by atoms with Gasteiger partial charge in [-0.05, 0) is 13.3 Å². The molecule has 0 aliphatic carbocycles. The molecule has 0 amide bonds. The molecule has 3 nitrogen and oxygen atoms in total. The summed E-state index contributed by atoms with van der Waals surface area (Å²) < 4.78 is 0. The molecule has 0 aliphatic rings. The molecule has 0 aromatic rings. The third kappa shape index (κ3) is 7.14. The van der Waals surface area contributed by atoms with Crippen molar-refractivity contribution in [1.82, 2.24) is 0 Å². The van der Waals surface area contributed by atoms with Crippen molar-refractivity contribution in [2.24, 2.45) is 15.7 Å². The van der Waals surface area contributed by atoms with Crippen LogP contribution in [0, 0.1) is 0 Å². The molecule has 0 radical (unpaired) electrons. The Morgan fingerprint density at radius 1 is 1.67 bits per heavy atom. The van der Waals surface area contributed by atoms with E-state index in [9.17, 15) is 0 Å². The fourth-order valence-corrected chi connectivity index (χ4v) is 0.319. The number of nitrogens with two attached hydrogens (primary N) is 1. The van der Waals surface area contributed by atoms with Crippen LogP contribution in [0.4, 0.5) is 0 Å². The van der Waals surface area contributed by atoms with Crippen molar-refractivity contribution in [2.75, 3.05) is 6.54 Å². The molecule has 0 saturated heterocycles. The van der Waals surface area contributed by atoms with Gasteiger partial charge in [0.2, 0.25) is 0 Å². The molecule has 9 heavy (non-hydrogen) atoms. The summed E-state index contributed by atoms with van der Waals surface area (Å²) in [6, 6.07) is 0.